The number of benzene rings is 1. The van der Waals surface area contributed by atoms with Gasteiger partial charge in [-0.05, 0) is 18.2 Å². The molecule has 0 radical (unpaired) electrons. The Bertz CT molecular complexity index is 531. The van der Waals surface area contributed by atoms with Crippen molar-refractivity contribution in [2.24, 2.45) is 5.41 Å². The van der Waals surface area contributed by atoms with Crippen LogP contribution in [-0.2, 0) is 10.0 Å². The molecular weight excluding hydrogens is 342 g/mol. The number of halogens is 2. The summed E-state index contributed by atoms with van der Waals surface area (Å²) in [6.45, 7) is 3.55. The van der Waals surface area contributed by atoms with Crippen molar-refractivity contribution >= 4 is 37.6 Å². The van der Waals surface area contributed by atoms with Crippen LogP contribution in [0.3, 0.4) is 0 Å². The van der Waals surface area contributed by atoms with Crippen molar-refractivity contribution in [3.05, 3.63) is 27.7 Å². The maximum absolute atomic E-state index is 12.0. The molecule has 0 fully saturated rings. The first-order valence-corrected chi connectivity index (χ1v) is 7.89. The second-order valence-corrected chi connectivity index (χ2v) is 7.78. The van der Waals surface area contributed by atoms with Crippen LogP contribution in [0.25, 0.3) is 0 Å². The van der Waals surface area contributed by atoms with Crippen LogP contribution in [0.1, 0.15) is 13.8 Å². The molecule has 1 aromatic rings. The van der Waals surface area contributed by atoms with E-state index in [2.05, 4.69) is 20.7 Å². The third kappa shape index (κ3) is 4.20. The fourth-order valence-corrected chi connectivity index (χ4v) is 3.39. The van der Waals surface area contributed by atoms with Crippen LogP contribution in [-0.4, -0.2) is 26.7 Å². The predicted molar refractivity (Wildman–Crippen MR) is 75.2 cm³/mol. The van der Waals surface area contributed by atoms with Crippen LogP contribution >= 0.6 is 27.5 Å². The highest BCUT2D eigenvalue weighted by Gasteiger charge is 2.23. The fourth-order valence-electron chi connectivity index (χ4n) is 1.12. The number of hydrogen-bond donors (Lipinski definition) is 2. The quantitative estimate of drug-likeness (QED) is 0.851. The van der Waals surface area contributed by atoms with E-state index in [4.69, 9.17) is 16.7 Å². The van der Waals surface area contributed by atoms with Gasteiger partial charge in [0.2, 0.25) is 10.0 Å². The van der Waals surface area contributed by atoms with Crippen molar-refractivity contribution in [3.8, 4) is 0 Å². The Morgan fingerprint density at radius 3 is 2.56 bits per heavy atom. The lowest BCUT2D eigenvalue weighted by molar-refractivity contribution is 0.163. The van der Waals surface area contributed by atoms with Gasteiger partial charge < -0.3 is 5.11 Å². The van der Waals surface area contributed by atoms with Gasteiger partial charge in [0.25, 0.3) is 0 Å². The van der Waals surface area contributed by atoms with Crippen molar-refractivity contribution in [2.45, 2.75) is 18.7 Å². The summed E-state index contributed by atoms with van der Waals surface area (Å²) in [6, 6.07) is 4.56. The van der Waals surface area contributed by atoms with Crippen LogP contribution < -0.4 is 4.72 Å². The normalized spacial score (nSPS) is 12.7. The summed E-state index contributed by atoms with van der Waals surface area (Å²) in [5, 5.41) is 9.24. The zero-order chi connectivity index (χ0) is 14.0. The average molecular weight is 357 g/mol. The van der Waals surface area contributed by atoms with E-state index in [1.165, 1.54) is 12.1 Å². The predicted octanol–water partition coefficient (Wildman–Crippen LogP) is 2.40. The van der Waals surface area contributed by atoms with Crippen LogP contribution in [0.4, 0.5) is 0 Å². The topological polar surface area (TPSA) is 66.4 Å². The van der Waals surface area contributed by atoms with E-state index in [-0.39, 0.29) is 23.1 Å². The van der Waals surface area contributed by atoms with Crippen molar-refractivity contribution in [1.29, 1.82) is 0 Å². The van der Waals surface area contributed by atoms with Gasteiger partial charge in [-0.25, -0.2) is 13.1 Å². The molecule has 0 bridgehead atoms. The fraction of sp³-hybridized carbons (Fsp3) is 0.455. The molecule has 0 atom stereocenters. The molecule has 0 saturated carbocycles. The Balaban J connectivity index is 2.94. The van der Waals surface area contributed by atoms with Gasteiger partial charge in [0.15, 0.2) is 0 Å². The SMILES string of the molecule is CC(C)(CO)CNS(=O)(=O)c1ccc(Br)cc1Cl. The minimum atomic E-state index is -3.66. The number of aliphatic hydroxyl groups excluding tert-OH is 1. The van der Waals surface area contributed by atoms with E-state index >= 15 is 0 Å². The highest BCUT2D eigenvalue weighted by molar-refractivity contribution is 9.10. The third-order valence-electron chi connectivity index (χ3n) is 2.35. The van der Waals surface area contributed by atoms with Crippen LogP contribution in [0, 0.1) is 5.41 Å². The number of rotatable bonds is 5. The minimum absolute atomic E-state index is 0.0288. The first-order valence-electron chi connectivity index (χ1n) is 5.23. The van der Waals surface area contributed by atoms with Crippen LogP contribution in [0.2, 0.25) is 5.02 Å². The standard InChI is InChI=1S/C11H15BrClNO3S/c1-11(2,7-15)6-14-18(16,17)10-4-3-8(12)5-9(10)13/h3-5,14-15H,6-7H2,1-2H3. The summed E-state index contributed by atoms with van der Waals surface area (Å²) in [5.41, 5.74) is -0.519. The van der Waals surface area contributed by atoms with Gasteiger partial charge in [0.1, 0.15) is 4.90 Å². The van der Waals surface area contributed by atoms with E-state index in [1.54, 1.807) is 19.9 Å². The Morgan fingerprint density at radius 2 is 2.06 bits per heavy atom. The molecule has 1 rings (SSSR count). The molecule has 0 saturated heterocycles. The molecule has 0 heterocycles. The number of sulfonamides is 1. The second-order valence-electron chi connectivity index (χ2n) is 4.72. The van der Waals surface area contributed by atoms with E-state index in [9.17, 15) is 8.42 Å². The lowest BCUT2D eigenvalue weighted by Gasteiger charge is -2.22. The average Bonchev–Trinajstić information content (AvgIpc) is 2.26. The first kappa shape index (κ1) is 15.9. The number of nitrogens with one attached hydrogen (secondary N) is 1. The Kier molecular flexibility index (Phi) is 5.20. The summed E-state index contributed by atoms with van der Waals surface area (Å²) in [5.74, 6) is 0. The minimum Gasteiger partial charge on any atom is -0.396 e. The van der Waals surface area contributed by atoms with Crippen molar-refractivity contribution < 1.29 is 13.5 Å². The number of hydrogen-bond acceptors (Lipinski definition) is 3. The lowest BCUT2D eigenvalue weighted by Crippen LogP contribution is -2.36. The summed E-state index contributed by atoms with van der Waals surface area (Å²) < 4.78 is 27.2. The van der Waals surface area contributed by atoms with Gasteiger partial charge in [0.05, 0.1) is 5.02 Å². The summed E-state index contributed by atoms with van der Waals surface area (Å²) in [6.07, 6.45) is 0. The molecule has 2 N–H and O–H groups in total. The van der Waals surface area contributed by atoms with Gasteiger partial charge in [0, 0.05) is 23.0 Å². The number of aliphatic hydroxyl groups is 1. The molecule has 1 aromatic carbocycles. The molecule has 7 heteroatoms. The van der Waals surface area contributed by atoms with Gasteiger partial charge in [-0.15, -0.1) is 0 Å². The molecule has 0 unspecified atom stereocenters. The molecule has 0 spiro atoms. The van der Waals surface area contributed by atoms with E-state index in [0.29, 0.717) is 4.47 Å². The van der Waals surface area contributed by atoms with Crippen LogP contribution in [0.15, 0.2) is 27.6 Å². The molecule has 102 valence electrons. The second kappa shape index (κ2) is 5.88. The lowest BCUT2D eigenvalue weighted by atomic mass is 9.96. The monoisotopic (exact) mass is 355 g/mol. The van der Waals surface area contributed by atoms with Gasteiger partial charge in [-0.2, -0.15) is 0 Å². The highest BCUT2D eigenvalue weighted by atomic mass is 79.9. The molecule has 0 aliphatic carbocycles. The van der Waals surface area contributed by atoms with Crippen molar-refractivity contribution in [3.63, 3.8) is 0 Å². The molecule has 0 aromatic heterocycles. The van der Waals surface area contributed by atoms with E-state index < -0.39 is 15.4 Å². The Labute approximate surface area is 121 Å². The van der Waals surface area contributed by atoms with Gasteiger partial charge >= 0.3 is 0 Å². The van der Waals surface area contributed by atoms with Crippen molar-refractivity contribution in [2.75, 3.05) is 13.2 Å². The Hall–Kier alpha value is -0.140. The molecule has 0 amide bonds. The third-order valence-corrected chi connectivity index (χ3v) is 4.73. The van der Waals surface area contributed by atoms with Crippen molar-refractivity contribution in [1.82, 2.24) is 4.72 Å². The summed E-state index contributed by atoms with van der Waals surface area (Å²) in [7, 11) is -3.66. The zero-order valence-electron chi connectivity index (χ0n) is 10.1. The van der Waals surface area contributed by atoms with Gasteiger partial charge in [-0.1, -0.05) is 41.4 Å². The maximum atomic E-state index is 12.0. The zero-order valence-corrected chi connectivity index (χ0v) is 13.2. The first-order chi connectivity index (χ1) is 8.18. The molecular formula is C11H15BrClNO3S. The summed E-state index contributed by atoms with van der Waals surface area (Å²) in [4.78, 5) is 0.0288. The van der Waals surface area contributed by atoms with E-state index in [0.717, 1.165) is 0 Å². The van der Waals surface area contributed by atoms with E-state index in [1.807, 2.05) is 0 Å². The largest absolute Gasteiger partial charge is 0.396 e. The molecule has 0 aliphatic rings. The van der Waals surface area contributed by atoms with Gasteiger partial charge in [-0.3, -0.25) is 0 Å². The van der Waals surface area contributed by atoms with Crippen LogP contribution in [0.5, 0.6) is 0 Å². The maximum Gasteiger partial charge on any atom is 0.242 e. The molecule has 0 aliphatic heterocycles. The highest BCUT2D eigenvalue weighted by Crippen LogP contribution is 2.25. The smallest absolute Gasteiger partial charge is 0.242 e. The Morgan fingerprint density at radius 1 is 1.44 bits per heavy atom. The molecule has 4 nitrogen and oxygen atoms in total. The summed E-state index contributed by atoms with van der Waals surface area (Å²) >= 11 is 9.11. The molecule has 18 heavy (non-hydrogen) atoms.